The third-order valence-corrected chi connectivity index (χ3v) is 5.99. The van der Waals surface area contributed by atoms with Crippen LogP contribution in [0.1, 0.15) is 36.4 Å². The molecule has 5 nitrogen and oxygen atoms in total. The second-order valence-electron chi connectivity index (χ2n) is 7.11. The fourth-order valence-corrected chi connectivity index (χ4v) is 4.46. The van der Waals surface area contributed by atoms with E-state index in [9.17, 15) is 4.79 Å². The average molecular weight is 322 g/mol. The average Bonchev–Trinajstić information content (AvgIpc) is 2.84. The minimum atomic E-state index is 0.0384. The molecule has 1 spiro atoms. The topological polar surface area (TPSA) is 48.5 Å². The van der Waals surface area contributed by atoms with Gasteiger partial charge in [-0.25, -0.2) is 9.78 Å². The molecule has 0 unspecified atom stereocenters. The number of urea groups is 1. The molecule has 1 aromatic heterocycles. The van der Waals surface area contributed by atoms with Crippen molar-refractivity contribution in [3.8, 4) is 0 Å². The molecule has 1 aliphatic heterocycles. The predicted octanol–water partition coefficient (Wildman–Crippen LogP) is 2.47. The summed E-state index contributed by atoms with van der Waals surface area (Å²) in [6, 6.07) is 0.416. The highest BCUT2D eigenvalue weighted by Crippen LogP contribution is 2.49. The van der Waals surface area contributed by atoms with Gasteiger partial charge in [0.05, 0.1) is 6.54 Å². The van der Waals surface area contributed by atoms with E-state index in [2.05, 4.69) is 27.5 Å². The summed E-state index contributed by atoms with van der Waals surface area (Å²) in [5.74, 6) is 0. The van der Waals surface area contributed by atoms with E-state index < -0.39 is 0 Å². The first-order valence-electron chi connectivity index (χ1n) is 8.07. The van der Waals surface area contributed by atoms with Crippen LogP contribution < -0.4 is 5.32 Å². The monoisotopic (exact) mass is 322 g/mol. The maximum atomic E-state index is 11.7. The van der Waals surface area contributed by atoms with Gasteiger partial charge in [-0.3, -0.25) is 4.90 Å². The van der Waals surface area contributed by atoms with Gasteiger partial charge < -0.3 is 10.2 Å². The Morgan fingerprint density at radius 2 is 2.14 bits per heavy atom. The largest absolute Gasteiger partial charge is 0.335 e. The van der Waals surface area contributed by atoms with Gasteiger partial charge in [0.2, 0.25) is 0 Å². The van der Waals surface area contributed by atoms with Gasteiger partial charge >= 0.3 is 6.03 Å². The van der Waals surface area contributed by atoms with Crippen molar-refractivity contribution in [2.45, 2.75) is 45.2 Å². The Hall–Kier alpha value is -1.14. The zero-order valence-corrected chi connectivity index (χ0v) is 14.6. The molecule has 3 rings (SSSR count). The number of amides is 2. The molecule has 1 N–H and O–H groups in total. The minimum absolute atomic E-state index is 0.0384. The van der Waals surface area contributed by atoms with Gasteiger partial charge in [0.15, 0.2) is 0 Å². The highest BCUT2D eigenvalue weighted by atomic mass is 32.1. The third-order valence-electron chi connectivity index (χ3n) is 5.03. The fraction of sp³-hybridized carbons (Fsp3) is 0.750. The number of aryl methyl sites for hydroxylation is 1. The Morgan fingerprint density at radius 3 is 2.68 bits per heavy atom. The molecule has 6 heteroatoms. The quantitative estimate of drug-likeness (QED) is 0.930. The summed E-state index contributed by atoms with van der Waals surface area (Å²) in [5, 5.41) is 6.47. The van der Waals surface area contributed by atoms with Crippen LogP contribution in [0.3, 0.4) is 0 Å². The van der Waals surface area contributed by atoms with Crippen molar-refractivity contribution in [3.05, 3.63) is 16.1 Å². The highest BCUT2D eigenvalue weighted by Gasteiger charge is 2.46. The molecular formula is C16H26N4OS. The molecule has 2 fully saturated rings. The number of nitrogens with one attached hydrogen (secondary N) is 1. The number of likely N-dealkylation sites (tertiary alicyclic amines) is 1. The Balaban J connectivity index is 1.42. The number of carbonyl (C=O) groups is 1. The van der Waals surface area contributed by atoms with Crippen LogP contribution >= 0.6 is 11.3 Å². The normalized spacial score (nSPS) is 21.6. The van der Waals surface area contributed by atoms with Crippen molar-refractivity contribution in [2.24, 2.45) is 5.41 Å². The van der Waals surface area contributed by atoms with Crippen LogP contribution in [0, 0.1) is 12.3 Å². The molecule has 122 valence electrons. The number of nitrogens with zero attached hydrogens (tertiary/aromatic N) is 3. The Kier molecular flexibility index (Phi) is 4.41. The van der Waals surface area contributed by atoms with Crippen molar-refractivity contribution in [2.75, 3.05) is 27.2 Å². The van der Waals surface area contributed by atoms with E-state index in [0.29, 0.717) is 11.5 Å². The van der Waals surface area contributed by atoms with Gasteiger partial charge in [-0.05, 0) is 51.1 Å². The van der Waals surface area contributed by atoms with E-state index in [4.69, 9.17) is 0 Å². The Labute approximate surface area is 136 Å². The molecule has 2 aliphatic rings. The molecule has 0 aromatic carbocycles. The minimum Gasteiger partial charge on any atom is -0.335 e. The van der Waals surface area contributed by atoms with Gasteiger partial charge in [0, 0.05) is 31.2 Å². The van der Waals surface area contributed by atoms with Gasteiger partial charge in [-0.2, -0.15) is 0 Å². The Bertz CT molecular complexity index is 526. The van der Waals surface area contributed by atoms with Gasteiger partial charge in [-0.15, -0.1) is 11.3 Å². The summed E-state index contributed by atoms with van der Waals surface area (Å²) in [6.07, 6.45) is 4.81. The summed E-state index contributed by atoms with van der Waals surface area (Å²) < 4.78 is 0. The fourth-order valence-electron chi connectivity index (χ4n) is 3.65. The molecule has 2 heterocycles. The smallest absolute Gasteiger partial charge is 0.317 e. The van der Waals surface area contributed by atoms with E-state index in [0.717, 1.165) is 38.2 Å². The lowest BCUT2D eigenvalue weighted by Crippen LogP contribution is -2.56. The zero-order chi connectivity index (χ0) is 15.7. The predicted molar refractivity (Wildman–Crippen MR) is 89.0 cm³/mol. The molecule has 22 heavy (non-hydrogen) atoms. The highest BCUT2D eigenvalue weighted by molar-refractivity contribution is 7.09. The van der Waals surface area contributed by atoms with Gasteiger partial charge in [-0.1, -0.05) is 0 Å². The number of rotatable bonds is 3. The van der Waals surface area contributed by atoms with Crippen LogP contribution in [0.15, 0.2) is 5.38 Å². The van der Waals surface area contributed by atoms with Crippen molar-refractivity contribution in [1.82, 2.24) is 20.1 Å². The molecule has 0 bridgehead atoms. The molecular weight excluding hydrogens is 296 g/mol. The van der Waals surface area contributed by atoms with E-state index in [-0.39, 0.29) is 6.03 Å². The van der Waals surface area contributed by atoms with Crippen molar-refractivity contribution < 1.29 is 4.79 Å². The van der Waals surface area contributed by atoms with Crippen LogP contribution in [0.25, 0.3) is 0 Å². The van der Waals surface area contributed by atoms with E-state index >= 15 is 0 Å². The summed E-state index contributed by atoms with van der Waals surface area (Å²) in [5.41, 5.74) is 1.62. The lowest BCUT2D eigenvalue weighted by Gasteiger charge is -2.52. The SMILES string of the molecule is Cc1csc(CN2CCC3(CC2)CC(NC(=O)N(C)C)C3)n1. The maximum absolute atomic E-state index is 11.7. The van der Waals surface area contributed by atoms with Crippen LogP contribution in [0.5, 0.6) is 0 Å². The lowest BCUT2D eigenvalue weighted by atomic mass is 9.60. The van der Waals surface area contributed by atoms with Crippen LogP contribution in [-0.4, -0.2) is 54.0 Å². The Morgan fingerprint density at radius 1 is 1.45 bits per heavy atom. The second kappa shape index (κ2) is 6.16. The zero-order valence-electron chi connectivity index (χ0n) is 13.8. The molecule has 1 saturated carbocycles. The molecule has 0 atom stereocenters. The lowest BCUT2D eigenvalue weighted by molar-refractivity contribution is 0.00634. The third kappa shape index (κ3) is 3.43. The molecule has 2 amide bonds. The molecule has 1 saturated heterocycles. The molecule has 1 aliphatic carbocycles. The maximum Gasteiger partial charge on any atom is 0.317 e. The van der Waals surface area contributed by atoms with E-state index in [1.54, 1.807) is 30.3 Å². The van der Waals surface area contributed by atoms with Crippen molar-refractivity contribution in [1.29, 1.82) is 0 Å². The van der Waals surface area contributed by atoms with Crippen LogP contribution in [-0.2, 0) is 6.54 Å². The van der Waals surface area contributed by atoms with E-state index in [1.807, 2.05) is 0 Å². The van der Waals surface area contributed by atoms with Crippen LogP contribution in [0.2, 0.25) is 0 Å². The molecule has 1 aromatic rings. The van der Waals surface area contributed by atoms with Gasteiger partial charge in [0.1, 0.15) is 5.01 Å². The van der Waals surface area contributed by atoms with E-state index in [1.165, 1.54) is 17.8 Å². The number of hydrogen-bond donors (Lipinski definition) is 1. The first kappa shape index (κ1) is 15.7. The summed E-state index contributed by atoms with van der Waals surface area (Å²) in [7, 11) is 3.59. The summed E-state index contributed by atoms with van der Waals surface area (Å²) in [6.45, 7) is 5.37. The molecule has 0 radical (unpaired) electrons. The van der Waals surface area contributed by atoms with Crippen molar-refractivity contribution in [3.63, 3.8) is 0 Å². The number of piperidine rings is 1. The first-order chi connectivity index (χ1) is 10.5. The second-order valence-corrected chi connectivity index (χ2v) is 8.05. The first-order valence-corrected chi connectivity index (χ1v) is 8.95. The number of aromatic nitrogens is 1. The number of thiazole rings is 1. The van der Waals surface area contributed by atoms with Crippen molar-refractivity contribution >= 4 is 17.4 Å². The number of carbonyl (C=O) groups excluding carboxylic acids is 1. The van der Waals surface area contributed by atoms with Gasteiger partial charge in [0.25, 0.3) is 0 Å². The standard InChI is InChI=1S/C16H26N4OS/c1-12-11-22-14(17-12)10-20-6-4-16(5-7-20)8-13(9-16)18-15(21)19(2)3/h11,13H,4-10H2,1-3H3,(H,18,21). The number of hydrogen-bond acceptors (Lipinski definition) is 4. The summed E-state index contributed by atoms with van der Waals surface area (Å²) in [4.78, 5) is 20.4. The van der Waals surface area contributed by atoms with Crippen LogP contribution in [0.4, 0.5) is 4.79 Å². The summed E-state index contributed by atoms with van der Waals surface area (Å²) >= 11 is 1.77.